The van der Waals surface area contributed by atoms with Crippen LogP contribution in [0.4, 0.5) is 0 Å². The molecule has 0 fully saturated rings. The highest BCUT2D eigenvalue weighted by atomic mass is 16.3. The molecular formula is C58H115NO4. The second kappa shape index (κ2) is 53.7. The zero-order valence-corrected chi connectivity index (χ0v) is 43.0. The highest BCUT2D eigenvalue weighted by molar-refractivity contribution is 5.76. The first kappa shape index (κ1) is 62.1. The van der Waals surface area contributed by atoms with Crippen molar-refractivity contribution in [1.82, 2.24) is 5.32 Å². The second-order valence-electron chi connectivity index (χ2n) is 20.2. The molecule has 376 valence electrons. The van der Waals surface area contributed by atoms with Crippen LogP contribution < -0.4 is 5.32 Å². The minimum Gasteiger partial charge on any atom is -0.394 e. The quantitative estimate of drug-likeness (QED) is 0.0362. The van der Waals surface area contributed by atoms with Crippen LogP contribution >= 0.6 is 0 Å². The van der Waals surface area contributed by atoms with Gasteiger partial charge in [0.2, 0.25) is 5.91 Å². The molecule has 0 bridgehead atoms. The van der Waals surface area contributed by atoms with E-state index in [1.807, 2.05) is 0 Å². The van der Waals surface area contributed by atoms with Gasteiger partial charge in [0.05, 0.1) is 18.8 Å². The van der Waals surface area contributed by atoms with Crippen molar-refractivity contribution in [3.8, 4) is 0 Å². The summed E-state index contributed by atoms with van der Waals surface area (Å²) in [6, 6.07) is -0.821. The first-order valence-electron chi connectivity index (χ1n) is 29.0. The molecule has 0 heterocycles. The third kappa shape index (κ3) is 48.8. The van der Waals surface area contributed by atoms with Crippen LogP contribution in [-0.4, -0.2) is 46.1 Å². The molecule has 5 heteroatoms. The van der Waals surface area contributed by atoms with Gasteiger partial charge in [0.1, 0.15) is 6.10 Å². The summed E-state index contributed by atoms with van der Waals surface area (Å²) >= 11 is 0. The first-order chi connectivity index (χ1) is 31.1. The Balaban J connectivity index is 3.40. The fourth-order valence-corrected chi connectivity index (χ4v) is 9.40. The van der Waals surface area contributed by atoms with Crippen molar-refractivity contribution < 1.29 is 20.1 Å². The van der Waals surface area contributed by atoms with Gasteiger partial charge >= 0.3 is 0 Å². The summed E-state index contributed by atoms with van der Waals surface area (Å²) < 4.78 is 0. The molecule has 0 saturated heterocycles. The Labute approximate surface area is 395 Å². The molecule has 0 saturated carbocycles. The van der Waals surface area contributed by atoms with E-state index in [0.29, 0.717) is 12.8 Å². The molecule has 0 aromatic heterocycles. The number of amides is 1. The maximum absolute atomic E-state index is 12.5. The van der Waals surface area contributed by atoms with Crippen molar-refractivity contribution in [2.45, 2.75) is 347 Å². The van der Waals surface area contributed by atoms with E-state index >= 15 is 0 Å². The Kier molecular flexibility index (Phi) is 52.9. The third-order valence-corrected chi connectivity index (χ3v) is 13.9. The smallest absolute Gasteiger partial charge is 0.220 e. The Morgan fingerprint density at radius 1 is 0.381 bits per heavy atom. The highest BCUT2D eigenvalue weighted by Gasteiger charge is 2.26. The van der Waals surface area contributed by atoms with E-state index in [-0.39, 0.29) is 12.5 Å². The monoisotopic (exact) mass is 890 g/mol. The van der Waals surface area contributed by atoms with Gasteiger partial charge in [-0.15, -0.1) is 0 Å². The SMILES string of the molecule is CCCCCCCCC/C=C/CCCC(O)C(O)C(CO)NC(=O)CCCCCCCCCCCCCCCCCCCCCCCCCCCCCCCCCCCCCCC. The van der Waals surface area contributed by atoms with E-state index in [1.165, 1.54) is 263 Å². The lowest BCUT2D eigenvalue weighted by Gasteiger charge is -2.26. The van der Waals surface area contributed by atoms with E-state index in [0.717, 1.165) is 38.5 Å². The number of carbonyl (C=O) groups excluding carboxylic acids is 1. The minimum atomic E-state index is -1.15. The number of aliphatic hydroxyl groups is 3. The summed E-state index contributed by atoms with van der Waals surface area (Å²) in [5, 5.41) is 33.6. The standard InChI is InChI=1S/C58H115NO4/c1-3-5-7-9-11-13-15-17-18-19-20-21-22-23-24-25-26-27-28-29-30-31-32-33-34-35-36-37-38-39-40-41-43-45-47-49-51-53-57(62)59-55(54-60)58(63)56(61)52-50-48-46-44-42-16-14-12-10-8-6-4-2/h44,46,55-56,58,60-61,63H,3-43,45,47-54H2,1-2H3,(H,59,62)/b46-44+. The molecule has 5 nitrogen and oxygen atoms in total. The molecule has 4 N–H and O–H groups in total. The number of nitrogens with one attached hydrogen (secondary N) is 1. The lowest BCUT2D eigenvalue weighted by atomic mass is 10.0. The van der Waals surface area contributed by atoms with Gasteiger partial charge in [-0.1, -0.05) is 296 Å². The van der Waals surface area contributed by atoms with E-state index in [9.17, 15) is 20.1 Å². The fraction of sp³-hybridized carbons (Fsp3) is 0.948. The average Bonchev–Trinajstić information content (AvgIpc) is 3.29. The van der Waals surface area contributed by atoms with Crippen LogP contribution in [-0.2, 0) is 4.79 Å². The Morgan fingerprint density at radius 3 is 0.921 bits per heavy atom. The number of rotatable bonds is 54. The Hall–Kier alpha value is -0.910. The van der Waals surface area contributed by atoms with Crippen molar-refractivity contribution in [2.75, 3.05) is 6.61 Å². The molecule has 0 aliphatic rings. The molecule has 0 rings (SSSR count). The van der Waals surface area contributed by atoms with Crippen LogP contribution in [0.5, 0.6) is 0 Å². The number of carbonyl (C=O) groups is 1. The Morgan fingerprint density at radius 2 is 0.635 bits per heavy atom. The van der Waals surface area contributed by atoms with Crippen LogP contribution in [0.1, 0.15) is 328 Å². The minimum absolute atomic E-state index is 0.148. The van der Waals surface area contributed by atoms with Crippen LogP contribution in [0.25, 0.3) is 0 Å². The fourth-order valence-electron chi connectivity index (χ4n) is 9.40. The summed E-state index contributed by atoms with van der Waals surface area (Å²) in [6.07, 6.45) is 66.9. The van der Waals surface area contributed by atoms with Gasteiger partial charge in [0.15, 0.2) is 0 Å². The molecule has 0 aliphatic heterocycles. The first-order valence-corrected chi connectivity index (χ1v) is 29.0. The molecule has 0 aromatic carbocycles. The van der Waals surface area contributed by atoms with Crippen molar-refractivity contribution >= 4 is 5.91 Å². The van der Waals surface area contributed by atoms with Crippen molar-refractivity contribution in [1.29, 1.82) is 0 Å². The Bertz CT molecular complexity index is 894. The van der Waals surface area contributed by atoms with Gasteiger partial charge in [-0.3, -0.25) is 4.79 Å². The number of hydrogen-bond donors (Lipinski definition) is 4. The highest BCUT2D eigenvalue weighted by Crippen LogP contribution is 2.18. The summed E-state index contributed by atoms with van der Waals surface area (Å²) in [4.78, 5) is 12.5. The number of allylic oxidation sites excluding steroid dienone is 2. The predicted molar refractivity (Wildman–Crippen MR) is 278 cm³/mol. The number of hydrogen-bond acceptors (Lipinski definition) is 4. The van der Waals surface area contributed by atoms with Crippen LogP contribution in [0, 0.1) is 0 Å². The van der Waals surface area contributed by atoms with Crippen molar-refractivity contribution in [3.63, 3.8) is 0 Å². The van der Waals surface area contributed by atoms with Crippen LogP contribution in [0.2, 0.25) is 0 Å². The second-order valence-corrected chi connectivity index (χ2v) is 20.2. The molecule has 0 radical (unpaired) electrons. The molecule has 3 atom stereocenters. The number of aliphatic hydroxyl groups excluding tert-OH is 3. The van der Waals surface area contributed by atoms with Gasteiger partial charge < -0.3 is 20.6 Å². The molecule has 1 amide bonds. The summed E-state index contributed by atoms with van der Waals surface area (Å²) in [5.74, 6) is -0.148. The van der Waals surface area contributed by atoms with Gasteiger partial charge in [0.25, 0.3) is 0 Å². The maximum Gasteiger partial charge on any atom is 0.220 e. The summed E-state index contributed by atoms with van der Waals surface area (Å²) in [5.41, 5.74) is 0. The zero-order valence-electron chi connectivity index (χ0n) is 43.0. The third-order valence-electron chi connectivity index (χ3n) is 13.9. The molecule has 0 aliphatic carbocycles. The molecule has 0 aromatic rings. The molecule has 3 unspecified atom stereocenters. The summed E-state index contributed by atoms with van der Waals surface area (Å²) in [7, 11) is 0. The van der Waals surface area contributed by atoms with Gasteiger partial charge in [0, 0.05) is 6.42 Å². The van der Waals surface area contributed by atoms with Gasteiger partial charge in [-0.25, -0.2) is 0 Å². The maximum atomic E-state index is 12.5. The zero-order chi connectivity index (χ0) is 45.8. The molecule has 63 heavy (non-hydrogen) atoms. The largest absolute Gasteiger partial charge is 0.394 e. The lowest BCUT2D eigenvalue weighted by molar-refractivity contribution is -0.124. The summed E-state index contributed by atoms with van der Waals surface area (Å²) in [6.45, 7) is 4.18. The van der Waals surface area contributed by atoms with E-state index in [2.05, 4.69) is 31.3 Å². The van der Waals surface area contributed by atoms with E-state index in [1.54, 1.807) is 0 Å². The molecule has 0 spiro atoms. The lowest BCUT2D eigenvalue weighted by Crippen LogP contribution is -2.50. The number of unbranched alkanes of at least 4 members (excludes halogenated alkanes) is 44. The van der Waals surface area contributed by atoms with Crippen molar-refractivity contribution in [3.05, 3.63) is 12.2 Å². The topological polar surface area (TPSA) is 89.8 Å². The van der Waals surface area contributed by atoms with E-state index in [4.69, 9.17) is 0 Å². The van der Waals surface area contributed by atoms with Crippen LogP contribution in [0.15, 0.2) is 12.2 Å². The molecular weight excluding hydrogens is 775 g/mol. The van der Waals surface area contributed by atoms with Gasteiger partial charge in [-0.05, 0) is 38.5 Å². The predicted octanol–water partition coefficient (Wildman–Crippen LogP) is 17.9. The van der Waals surface area contributed by atoms with Gasteiger partial charge in [-0.2, -0.15) is 0 Å². The van der Waals surface area contributed by atoms with E-state index < -0.39 is 18.2 Å². The average molecular weight is 891 g/mol. The normalized spacial score (nSPS) is 13.3. The van der Waals surface area contributed by atoms with Crippen molar-refractivity contribution in [2.24, 2.45) is 0 Å². The van der Waals surface area contributed by atoms with Crippen LogP contribution in [0.3, 0.4) is 0 Å².